The van der Waals surface area contributed by atoms with Crippen LogP contribution >= 0.6 is 11.6 Å². The molecule has 28 heavy (non-hydrogen) atoms. The van der Waals surface area contributed by atoms with Gasteiger partial charge in [-0.05, 0) is 66.8 Å². The van der Waals surface area contributed by atoms with Crippen LogP contribution in [0.15, 0.2) is 12.1 Å². The van der Waals surface area contributed by atoms with E-state index in [2.05, 4.69) is 0 Å². The molecule has 0 spiro atoms. The lowest BCUT2D eigenvalue weighted by Crippen LogP contribution is -2.38. The Bertz CT molecular complexity index is 763. The van der Waals surface area contributed by atoms with E-state index < -0.39 is 6.09 Å². The van der Waals surface area contributed by atoms with Crippen LogP contribution < -0.4 is 0 Å². The summed E-state index contributed by atoms with van der Waals surface area (Å²) in [6.45, 7) is 3.31. The predicted molar refractivity (Wildman–Crippen MR) is 105 cm³/mol. The van der Waals surface area contributed by atoms with Gasteiger partial charge in [0, 0.05) is 44.3 Å². The van der Waals surface area contributed by atoms with Crippen LogP contribution in [0.5, 0.6) is 0 Å². The molecule has 3 aliphatic rings. The standard InChI is InChI=1S/C21H27ClN2O4/c22-16-11-15-13-23(20(25)10-14-4-8-28-9-5-14)7-3-17(15)18(12-16)19-2-1-6-24(19)21(26)27/h11-12,14,19H,1-10,13H2,(H,26,27). The number of nitrogens with zero attached hydrogens (tertiary/aromatic N) is 2. The van der Waals surface area contributed by atoms with Crippen molar-refractivity contribution in [2.45, 2.75) is 51.1 Å². The third-order valence-corrected chi connectivity index (χ3v) is 6.57. The lowest BCUT2D eigenvalue weighted by atomic mass is 9.89. The Kier molecular flexibility index (Phi) is 5.78. The lowest BCUT2D eigenvalue weighted by molar-refractivity contribution is -0.133. The van der Waals surface area contributed by atoms with E-state index in [-0.39, 0.29) is 11.9 Å². The van der Waals surface area contributed by atoms with Gasteiger partial charge in [-0.25, -0.2) is 4.79 Å². The molecule has 0 radical (unpaired) electrons. The Balaban J connectivity index is 1.52. The molecule has 1 unspecified atom stereocenters. The normalized spacial score (nSPS) is 23.0. The van der Waals surface area contributed by atoms with Crippen LogP contribution in [0.1, 0.15) is 54.8 Å². The first-order valence-electron chi connectivity index (χ1n) is 10.2. The van der Waals surface area contributed by atoms with Gasteiger partial charge in [0.05, 0.1) is 6.04 Å². The molecule has 3 aliphatic heterocycles. The minimum Gasteiger partial charge on any atom is -0.465 e. The van der Waals surface area contributed by atoms with E-state index in [1.165, 1.54) is 10.5 Å². The largest absolute Gasteiger partial charge is 0.465 e. The highest BCUT2D eigenvalue weighted by molar-refractivity contribution is 6.30. The van der Waals surface area contributed by atoms with Crippen LogP contribution in [-0.4, -0.2) is 53.2 Å². The second-order valence-electron chi connectivity index (χ2n) is 8.09. The zero-order valence-corrected chi connectivity index (χ0v) is 16.8. The molecule has 0 aliphatic carbocycles. The topological polar surface area (TPSA) is 70.1 Å². The maximum absolute atomic E-state index is 12.8. The zero-order chi connectivity index (χ0) is 19.7. The number of amides is 2. The number of carbonyl (C=O) groups excluding carboxylic acids is 1. The van der Waals surface area contributed by atoms with Gasteiger partial charge in [0.1, 0.15) is 0 Å². The van der Waals surface area contributed by atoms with E-state index in [0.717, 1.165) is 56.4 Å². The first-order chi connectivity index (χ1) is 13.5. The number of benzene rings is 1. The minimum absolute atomic E-state index is 0.130. The molecule has 1 N–H and O–H groups in total. The van der Waals surface area contributed by atoms with Crippen molar-refractivity contribution in [2.75, 3.05) is 26.3 Å². The van der Waals surface area contributed by atoms with Gasteiger partial charge in [0.25, 0.3) is 0 Å². The molecule has 6 nitrogen and oxygen atoms in total. The second kappa shape index (κ2) is 8.29. The van der Waals surface area contributed by atoms with E-state index in [0.29, 0.717) is 37.0 Å². The predicted octanol–water partition coefficient (Wildman–Crippen LogP) is 3.86. The molecule has 1 aromatic rings. The van der Waals surface area contributed by atoms with Crippen molar-refractivity contribution in [3.05, 3.63) is 33.8 Å². The Morgan fingerprint density at radius 2 is 1.96 bits per heavy atom. The van der Waals surface area contributed by atoms with Gasteiger partial charge in [0.15, 0.2) is 0 Å². The molecule has 0 saturated carbocycles. The van der Waals surface area contributed by atoms with E-state index in [1.807, 2.05) is 17.0 Å². The van der Waals surface area contributed by atoms with Crippen molar-refractivity contribution in [2.24, 2.45) is 5.92 Å². The summed E-state index contributed by atoms with van der Waals surface area (Å²) < 4.78 is 5.39. The fraction of sp³-hybridized carbons (Fsp3) is 0.619. The van der Waals surface area contributed by atoms with Gasteiger partial charge in [-0.1, -0.05) is 11.6 Å². The van der Waals surface area contributed by atoms with E-state index in [4.69, 9.17) is 16.3 Å². The molecule has 1 atom stereocenters. The van der Waals surface area contributed by atoms with E-state index in [1.54, 1.807) is 0 Å². The maximum Gasteiger partial charge on any atom is 0.407 e. The minimum atomic E-state index is -0.875. The smallest absolute Gasteiger partial charge is 0.407 e. The highest BCUT2D eigenvalue weighted by Crippen LogP contribution is 2.38. The molecule has 2 saturated heterocycles. The van der Waals surface area contributed by atoms with Crippen LogP contribution in [0.25, 0.3) is 0 Å². The first kappa shape index (κ1) is 19.5. The number of carbonyl (C=O) groups is 2. The summed E-state index contributed by atoms with van der Waals surface area (Å²) in [5.74, 6) is 0.618. The number of rotatable bonds is 3. The quantitative estimate of drug-likeness (QED) is 0.827. The van der Waals surface area contributed by atoms with Gasteiger partial charge in [-0.3, -0.25) is 4.79 Å². The second-order valence-corrected chi connectivity index (χ2v) is 8.53. The monoisotopic (exact) mass is 406 g/mol. The fourth-order valence-corrected chi connectivity index (χ4v) is 5.10. The molecule has 152 valence electrons. The Morgan fingerprint density at radius 3 is 2.71 bits per heavy atom. The number of likely N-dealkylation sites (tertiary alicyclic amines) is 1. The highest BCUT2D eigenvalue weighted by Gasteiger charge is 2.34. The summed E-state index contributed by atoms with van der Waals surface area (Å²) >= 11 is 6.39. The summed E-state index contributed by atoms with van der Waals surface area (Å²) in [5.41, 5.74) is 3.27. The zero-order valence-electron chi connectivity index (χ0n) is 16.0. The molecule has 0 aromatic heterocycles. The third kappa shape index (κ3) is 3.98. The van der Waals surface area contributed by atoms with Crippen molar-refractivity contribution >= 4 is 23.6 Å². The number of ether oxygens (including phenoxy) is 1. The Hall–Kier alpha value is -1.79. The van der Waals surface area contributed by atoms with Gasteiger partial charge < -0.3 is 19.6 Å². The summed E-state index contributed by atoms with van der Waals surface area (Å²) in [4.78, 5) is 27.9. The van der Waals surface area contributed by atoms with Crippen LogP contribution in [0.3, 0.4) is 0 Å². The SMILES string of the molecule is O=C(CC1CCOCC1)N1CCc2c(cc(Cl)cc2C2CCCN2C(=O)O)C1. The molecule has 0 bridgehead atoms. The summed E-state index contributed by atoms with van der Waals surface area (Å²) in [6.07, 6.45) is 4.07. The Labute approximate surface area is 170 Å². The first-order valence-corrected chi connectivity index (χ1v) is 10.6. The molecule has 4 rings (SSSR count). The van der Waals surface area contributed by atoms with E-state index in [9.17, 15) is 14.7 Å². The van der Waals surface area contributed by atoms with Gasteiger partial charge >= 0.3 is 6.09 Å². The van der Waals surface area contributed by atoms with Gasteiger partial charge in [0.2, 0.25) is 5.91 Å². The lowest BCUT2D eigenvalue weighted by Gasteiger charge is -2.34. The van der Waals surface area contributed by atoms with Crippen molar-refractivity contribution in [3.8, 4) is 0 Å². The van der Waals surface area contributed by atoms with E-state index >= 15 is 0 Å². The molecular formula is C21H27ClN2O4. The van der Waals surface area contributed by atoms with Crippen LogP contribution in [0.2, 0.25) is 5.02 Å². The van der Waals surface area contributed by atoms with Gasteiger partial charge in [-0.2, -0.15) is 0 Å². The van der Waals surface area contributed by atoms with Crippen LogP contribution in [-0.2, 0) is 22.5 Å². The number of carboxylic acid groups (broad SMARTS) is 1. The average molecular weight is 407 g/mol. The van der Waals surface area contributed by atoms with Crippen molar-refractivity contribution in [1.82, 2.24) is 9.80 Å². The molecule has 2 fully saturated rings. The van der Waals surface area contributed by atoms with Crippen LogP contribution in [0.4, 0.5) is 4.79 Å². The molecule has 2 amide bonds. The number of hydrogen-bond acceptors (Lipinski definition) is 3. The Morgan fingerprint density at radius 1 is 1.18 bits per heavy atom. The van der Waals surface area contributed by atoms with Crippen LogP contribution in [0, 0.1) is 5.92 Å². The van der Waals surface area contributed by atoms with Crippen molar-refractivity contribution in [1.29, 1.82) is 0 Å². The number of halogens is 1. The average Bonchev–Trinajstić information content (AvgIpc) is 3.17. The summed E-state index contributed by atoms with van der Waals surface area (Å²) in [5, 5.41) is 10.1. The summed E-state index contributed by atoms with van der Waals surface area (Å²) in [7, 11) is 0. The van der Waals surface area contributed by atoms with Crippen molar-refractivity contribution in [3.63, 3.8) is 0 Å². The molecule has 1 aromatic carbocycles. The molecular weight excluding hydrogens is 380 g/mol. The molecule has 3 heterocycles. The van der Waals surface area contributed by atoms with Crippen molar-refractivity contribution < 1.29 is 19.4 Å². The highest BCUT2D eigenvalue weighted by atomic mass is 35.5. The fourth-order valence-electron chi connectivity index (χ4n) is 4.85. The summed E-state index contributed by atoms with van der Waals surface area (Å²) in [6, 6.07) is 3.73. The number of hydrogen-bond donors (Lipinski definition) is 1. The molecule has 7 heteroatoms. The van der Waals surface area contributed by atoms with Gasteiger partial charge in [-0.15, -0.1) is 0 Å². The number of fused-ring (bicyclic) bond motifs is 1. The third-order valence-electron chi connectivity index (χ3n) is 6.35. The maximum atomic E-state index is 12.8.